The molecule has 2 aromatic rings. The van der Waals surface area contributed by atoms with E-state index in [2.05, 4.69) is 15.3 Å². The molecule has 0 aliphatic heterocycles. The molecule has 0 atom stereocenters. The van der Waals surface area contributed by atoms with Gasteiger partial charge in [-0.3, -0.25) is 9.78 Å². The lowest BCUT2D eigenvalue weighted by atomic mass is 9.95. The molecule has 21 heavy (non-hydrogen) atoms. The Morgan fingerprint density at radius 3 is 2.90 bits per heavy atom. The summed E-state index contributed by atoms with van der Waals surface area (Å²) >= 11 is 0. The first kappa shape index (κ1) is 13.5. The van der Waals surface area contributed by atoms with E-state index < -0.39 is 0 Å². The van der Waals surface area contributed by atoms with E-state index in [1.165, 1.54) is 6.42 Å². The molecule has 108 valence electrons. The van der Waals surface area contributed by atoms with Gasteiger partial charge in [0.1, 0.15) is 11.6 Å². The van der Waals surface area contributed by atoms with Crippen molar-refractivity contribution in [2.45, 2.75) is 25.7 Å². The van der Waals surface area contributed by atoms with Gasteiger partial charge < -0.3 is 10.1 Å². The number of aromatic nitrogens is 2. The number of aryl methyl sites for hydroxylation is 1. The maximum absolute atomic E-state index is 11.9. The summed E-state index contributed by atoms with van der Waals surface area (Å²) in [5.74, 6) is 1.09. The number of ether oxygens (including phenoxy) is 1. The van der Waals surface area contributed by atoms with Crippen molar-refractivity contribution in [1.29, 1.82) is 0 Å². The molecular formula is C16H17N3O2. The number of anilines is 1. The van der Waals surface area contributed by atoms with Gasteiger partial charge in [0.05, 0.1) is 0 Å². The van der Waals surface area contributed by atoms with Crippen molar-refractivity contribution < 1.29 is 9.53 Å². The highest BCUT2D eigenvalue weighted by Crippen LogP contribution is 2.27. The molecule has 1 aliphatic carbocycles. The number of fused-ring (bicyclic) bond motifs is 1. The predicted octanol–water partition coefficient (Wildman–Crippen LogP) is 2.37. The van der Waals surface area contributed by atoms with Crippen LogP contribution in [0.4, 0.5) is 5.82 Å². The zero-order valence-corrected chi connectivity index (χ0v) is 11.7. The third-order valence-corrected chi connectivity index (χ3v) is 3.48. The number of rotatable bonds is 4. The van der Waals surface area contributed by atoms with Gasteiger partial charge in [-0.15, -0.1) is 0 Å². The van der Waals surface area contributed by atoms with Crippen molar-refractivity contribution in [3.63, 3.8) is 0 Å². The highest BCUT2D eigenvalue weighted by atomic mass is 16.5. The molecule has 0 fully saturated rings. The molecule has 1 aliphatic rings. The lowest BCUT2D eigenvalue weighted by Crippen LogP contribution is -2.21. The third-order valence-electron chi connectivity index (χ3n) is 3.48. The van der Waals surface area contributed by atoms with Crippen LogP contribution >= 0.6 is 0 Å². The highest BCUT2D eigenvalue weighted by molar-refractivity contribution is 5.90. The molecule has 0 radical (unpaired) electrons. The Bertz CT molecular complexity index is 629. The number of carbonyl (C=O) groups is 1. The summed E-state index contributed by atoms with van der Waals surface area (Å²) in [4.78, 5) is 20.3. The van der Waals surface area contributed by atoms with Gasteiger partial charge in [0.15, 0.2) is 6.61 Å². The van der Waals surface area contributed by atoms with Crippen LogP contribution in [0.15, 0.2) is 36.7 Å². The SMILES string of the molecule is O=C(COc1ccnc2c1CCCC2)Nc1ccccn1. The maximum atomic E-state index is 11.9. The van der Waals surface area contributed by atoms with E-state index in [-0.39, 0.29) is 12.5 Å². The minimum absolute atomic E-state index is 0.0208. The summed E-state index contributed by atoms with van der Waals surface area (Å²) in [6.45, 7) is -0.0208. The van der Waals surface area contributed by atoms with Crippen LogP contribution in [0.2, 0.25) is 0 Å². The second-order valence-corrected chi connectivity index (χ2v) is 4.99. The van der Waals surface area contributed by atoms with Crippen molar-refractivity contribution in [3.05, 3.63) is 47.9 Å². The lowest BCUT2D eigenvalue weighted by Gasteiger charge is -2.18. The Labute approximate surface area is 123 Å². The summed E-state index contributed by atoms with van der Waals surface area (Å²) in [6.07, 6.45) is 7.66. The second kappa shape index (κ2) is 6.35. The van der Waals surface area contributed by atoms with Crippen LogP contribution in [0.25, 0.3) is 0 Å². The second-order valence-electron chi connectivity index (χ2n) is 4.99. The minimum Gasteiger partial charge on any atom is -0.483 e. The van der Waals surface area contributed by atoms with Crippen LogP contribution in [0.5, 0.6) is 5.75 Å². The molecule has 2 aromatic heterocycles. The van der Waals surface area contributed by atoms with Crippen LogP contribution < -0.4 is 10.1 Å². The fourth-order valence-corrected chi connectivity index (χ4v) is 2.49. The Hall–Kier alpha value is -2.43. The highest BCUT2D eigenvalue weighted by Gasteiger charge is 2.15. The number of pyridine rings is 2. The number of nitrogens with one attached hydrogen (secondary N) is 1. The fourth-order valence-electron chi connectivity index (χ4n) is 2.49. The van der Waals surface area contributed by atoms with Crippen molar-refractivity contribution in [2.24, 2.45) is 0 Å². The van der Waals surface area contributed by atoms with Gasteiger partial charge in [0, 0.05) is 23.7 Å². The Kier molecular flexibility index (Phi) is 4.09. The molecule has 0 unspecified atom stereocenters. The Morgan fingerprint density at radius 1 is 1.14 bits per heavy atom. The summed E-state index contributed by atoms with van der Waals surface area (Å²) < 4.78 is 5.66. The van der Waals surface area contributed by atoms with Gasteiger partial charge in [-0.2, -0.15) is 0 Å². The fraction of sp³-hybridized carbons (Fsp3) is 0.312. The smallest absolute Gasteiger partial charge is 0.263 e. The van der Waals surface area contributed by atoms with Gasteiger partial charge in [-0.05, 0) is 43.9 Å². The summed E-state index contributed by atoms with van der Waals surface area (Å²) in [7, 11) is 0. The zero-order chi connectivity index (χ0) is 14.5. The van der Waals surface area contributed by atoms with Gasteiger partial charge in [0.25, 0.3) is 5.91 Å². The van der Waals surface area contributed by atoms with E-state index in [4.69, 9.17) is 4.74 Å². The molecule has 0 saturated heterocycles. The van der Waals surface area contributed by atoms with Crippen molar-refractivity contribution in [2.75, 3.05) is 11.9 Å². The van der Waals surface area contributed by atoms with Crippen LogP contribution in [-0.2, 0) is 17.6 Å². The third kappa shape index (κ3) is 3.37. The van der Waals surface area contributed by atoms with Crippen LogP contribution in [0.3, 0.4) is 0 Å². The monoisotopic (exact) mass is 283 g/mol. The topological polar surface area (TPSA) is 64.1 Å². The zero-order valence-electron chi connectivity index (χ0n) is 11.7. The van der Waals surface area contributed by atoms with Crippen LogP contribution in [0.1, 0.15) is 24.1 Å². The largest absolute Gasteiger partial charge is 0.483 e. The Morgan fingerprint density at radius 2 is 2.05 bits per heavy atom. The Balaban J connectivity index is 1.61. The molecule has 0 saturated carbocycles. The predicted molar refractivity (Wildman–Crippen MR) is 79.2 cm³/mol. The standard InChI is InChI=1S/C16H17N3O2/c20-16(19-15-7-3-4-9-18-15)11-21-14-8-10-17-13-6-2-1-5-12(13)14/h3-4,7-10H,1-2,5-6,11H2,(H,18,19,20). The van der Waals surface area contributed by atoms with Crippen molar-refractivity contribution >= 4 is 11.7 Å². The molecule has 5 heteroatoms. The van der Waals surface area contributed by atoms with Gasteiger partial charge in [-0.1, -0.05) is 6.07 Å². The summed E-state index contributed by atoms with van der Waals surface area (Å²) in [5.41, 5.74) is 2.25. The molecule has 0 aromatic carbocycles. The van der Waals surface area contributed by atoms with Gasteiger partial charge in [-0.25, -0.2) is 4.98 Å². The molecule has 0 bridgehead atoms. The molecule has 0 spiro atoms. The number of hydrogen-bond acceptors (Lipinski definition) is 4. The quantitative estimate of drug-likeness (QED) is 0.935. The molecule has 1 N–H and O–H groups in total. The number of carbonyl (C=O) groups excluding carboxylic acids is 1. The first-order valence-electron chi connectivity index (χ1n) is 7.13. The molecule has 3 rings (SSSR count). The normalized spacial score (nSPS) is 13.3. The van der Waals surface area contributed by atoms with Crippen molar-refractivity contribution in [3.8, 4) is 5.75 Å². The lowest BCUT2D eigenvalue weighted by molar-refractivity contribution is -0.118. The van der Waals surface area contributed by atoms with E-state index in [0.29, 0.717) is 5.82 Å². The maximum Gasteiger partial charge on any atom is 0.263 e. The van der Waals surface area contributed by atoms with Crippen LogP contribution in [-0.4, -0.2) is 22.5 Å². The van der Waals surface area contributed by atoms with E-state index in [1.807, 2.05) is 12.1 Å². The number of nitrogens with zero attached hydrogens (tertiary/aromatic N) is 2. The summed E-state index contributed by atoms with van der Waals surface area (Å²) in [5, 5.41) is 2.70. The first-order chi connectivity index (χ1) is 10.3. The van der Waals surface area contributed by atoms with Gasteiger partial charge in [0.2, 0.25) is 0 Å². The van der Waals surface area contributed by atoms with E-state index >= 15 is 0 Å². The minimum atomic E-state index is -0.213. The molecule has 1 amide bonds. The average Bonchev–Trinajstić information content (AvgIpc) is 2.54. The molecule has 5 nitrogen and oxygen atoms in total. The molecular weight excluding hydrogens is 266 g/mol. The average molecular weight is 283 g/mol. The molecule has 2 heterocycles. The number of hydrogen-bond donors (Lipinski definition) is 1. The summed E-state index contributed by atoms with van der Waals surface area (Å²) in [6, 6.07) is 7.20. The van der Waals surface area contributed by atoms with E-state index in [0.717, 1.165) is 36.3 Å². The number of amides is 1. The van der Waals surface area contributed by atoms with E-state index in [9.17, 15) is 4.79 Å². The van der Waals surface area contributed by atoms with E-state index in [1.54, 1.807) is 24.5 Å². The van der Waals surface area contributed by atoms with Crippen molar-refractivity contribution in [1.82, 2.24) is 9.97 Å². The van der Waals surface area contributed by atoms with Crippen LogP contribution in [0, 0.1) is 0 Å². The van der Waals surface area contributed by atoms with Gasteiger partial charge >= 0.3 is 0 Å². The first-order valence-corrected chi connectivity index (χ1v) is 7.13.